The highest BCUT2D eigenvalue weighted by Crippen LogP contribution is 2.41. The monoisotopic (exact) mass is 337 g/mol. The summed E-state index contributed by atoms with van der Waals surface area (Å²) in [6.07, 6.45) is 6.29. The maximum Gasteiger partial charge on any atom is 0.363 e. The predicted molar refractivity (Wildman–Crippen MR) is 97.5 cm³/mol. The Morgan fingerprint density at radius 1 is 1.08 bits per heavy atom. The molecule has 0 radical (unpaired) electrons. The van der Waals surface area contributed by atoms with Crippen LogP contribution in [0.2, 0.25) is 0 Å². The van der Waals surface area contributed by atoms with Gasteiger partial charge in [0, 0.05) is 32.4 Å². The largest absolute Gasteiger partial charge is 0.381 e. The van der Waals surface area contributed by atoms with Gasteiger partial charge in [0.15, 0.2) is 6.20 Å². The molecule has 3 rings (SSSR count). The Balaban J connectivity index is 0.000000671. The van der Waals surface area contributed by atoms with E-state index in [1.807, 2.05) is 27.7 Å². The Labute approximate surface area is 145 Å². The molecule has 2 saturated heterocycles. The van der Waals surface area contributed by atoms with Gasteiger partial charge in [0.05, 0.1) is 5.69 Å². The molecule has 136 valence electrons. The highest BCUT2D eigenvalue weighted by atomic mass is 16.6. The Morgan fingerprint density at radius 3 is 2.12 bits per heavy atom. The highest BCUT2D eigenvalue weighted by molar-refractivity contribution is 5.47. The Kier molecular flexibility index (Phi) is 8.68. The molecule has 24 heavy (non-hydrogen) atoms. The standard InChI is InChI=1S/C14H19N3O3.2C2H6/c18-17(19)13-2-1-12(11-15-13)16-7-3-14(4-8-16)5-9-20-10-6-14;2*1-2/h1-2,11H,3-10H2;2*1-2H3. The third-order valence-corrected chi connectivity index (χ3v) is 4.66. The lowest BCUT2D eigenvalue weighted by Crippen LogP contribution is -2.43. The number of ether oxygens (including phenoxy) is 1. The zero-order chi connectivity index (χ0) is 18.0. The van der Waals surface area contributed by atoms with E-state index in [1.54, 1.807) is 12.3 Å². The van der Waals surface area contributed by atoms with Gasteiger partial charge in [-0.2, -0.15) is 0 Å². The normalized spacial score (nSPS) is 18.8. The molecule has 0 saturated carbocycles. The molecule has 0 aromatic carbocycles. The van der Waals surface area contributed by atoms with E-state index in [2.05, 4.69) is 9.88 Å². The average molecular weight is 337 g/mol. The lowest BCUT2D eigenvalue weighted by atomic mass is 9.72. The van der Waals surface area contributed by atoms with Gasteiger partial charge in [0.25, 0.3) is 0 Å². The summed E-state index contributed by atoms with van der Waals surface area (Å²) >= 11 is 0. The molecule has 0 unspecified atom stereocenters. The van der Waals surface area contributed by atoms with Crippen molar-refractivity contribution in [2.75, 3.05) is 31.2 Å². The molecular formula is C18H31N3O3. The summed E-state index contributed by atoms with van der Waals surface area (Å²) in [5, 5.41) is 10.6. The first-order valence-electron chi connectivity index (χ1n) is 9.12. The number of hydrogen-bond acceptors (Lipinski definition) is 5. The van der Waals surface area contributed by atoms with Crippen molar-refractivity contribution in [2.24, 2.45) is 5.41 Å². The predicted octanol–water partition coefficient (Wildman–Crippen LogP) is 4.44. The molecule has 6 nitrogen and oxygen atoms in total. The van der Waals surface area contributed by atoms with E-state index >= 15 is 0 Å². The molecule has 1 aromatic heterocycles. The van der Waals surface area contributed by atoms with E-state index in [4.69, 9.17) is 4.74 Å². The minimum atomic E-state index is -0.461. The fourth-order valence-electron chi connectivity index (χ4n) is 3.22. The quantitative estimate of drug-likeness (QED) is 0.589. The van der Waals surface area contributed by atoms with Crippen molar-refractivity contribution in [1.29, 1.82) is 0 Å². The summed E-state index contributed by atoms with van der Waals surface area (Å²) in [5.41, 5.74) is 1.45. The molecule has 0 atom stereocenters. The molecule has 1 aromatic rings. The molecule has 0 N–H and O–H groups in total. The smallest absolute Gasteiger partial charge is 0.363 e. The van der Waals surface area contributed by atoms with Crippen LogP contribution in [0.5, 0.6) is 0 Å². The summed E-state index contributed by atoms with van der Waals surface area (Å²) in [7, 11) is 0. The van der Waals surface area contributed by atoms with Crippen LogP contribution >= 0.6 is 0 Å². The van der Waals surface area contributed by atoms with E-state index < -0.39 is 4.92 Å². The van der Waals surface area contributed by atoms with Crippen molar-refractivity contribution in [1.82, 2.24) is 4.98 Å². The number of nitrogens with zero attached hydrogens (tertiary/aromatic N) is 3. The van der Waals surface area contributed by atoms with Gasteiger partial charge in [0.2, 0.25) is 0 Å². The second-order valence-corrected chi connectivity index (χ2v) is 5.73. The van der Waals surface area contributed by atoms with Crippen LogP contribution in [0.1, 0.15) is 53.4 Å². The van der Waals surface area contributed by atoms with Crippen LogP contribution in [0, 0.1) is 15.5 Å². The zero-order valence-corrected chi connectivity index (χ0v) is 15.5. The number of aromatic nitrogens is 1. The van der Waals surface area contributed by atoms with E-state index in [0.29, 0.717) is 5.41 Å². The highest BCUT2D eigenvalue weighted by Gasteiger charge is 2.36. The first kappa shape index (κ1) is 20.4. The molecule has 2 aliphatic rings. The van der Waals surface area contributed by atoms with Gasteiger partial charge in [-0.05, 0) is 47.1 Å². The third kappa shape index (κ3) is 5.16. The van der Waals surface area contributed by atoms with E-state index in [9.17, 15) is 10.1 Å². The number of pyridine rings is 1. The molecule has 6 heteroatoms. The molecule has 2 fully saturated rings. The summed E-state index contributed by atoms with van der Waals surface area (Å²) in [5.74, 6) is -0.0911. The summed E-state index contributed by atoms with van der Waals surface area (Å²) in [6, 6.07) is 3.28. The lowest BCUT2D eigenvalue weighted by Gasteiger charge is -2.44. The molecule has 1 spiro atoms. The maximum atomic E-state index is 10.6. The number of piperidine rings is 1. The van der Waals surface area contributed by atoms with Crippen LogP contribution < -0.4 is 4.90 Å². The fourth-order valence-corrected chi connectivity index (χ4v) is 3.22. The number of rotatable bonds is 2. The molecular weight excluding hydrogens is 306 g/mol. The second-order valence-electron chi connectivity index (χ2n) is 5.73. The van der Waals surface area contributed by atoms with Crippen molar-refractivity contribution in [3.63, 3.8) is 0 Å². The lowest BCUT2D eigenvalue weighted by molar-refractivity contribution is -0.389. The summed E-state index contributed by atoms with van der Waals surface area (Å²) in [4.78, 5) is 16.3. The first-order valence-corrected chi connectivity index (χ1v) is 9.12. The van der Waals surface area contributed by atoms with Crippen molar-refractivity contribution >= 4 is 11.5 Å². The Morgan fingerprint density at radius 2 is 1.67 bits per heavy atom. The first-order chi connectivity index (χ1) is 11.7. The maximum absolute atomic E-state index is 10.6. The van der Waals surface area contributed by atoms with E-state index in [-0.39, 0.29) is 5.82 Å². The van der Waals surface area contributed by atoms with Gasteiger partial charge < -0.3 is 19.8 Å². The zero-order valence-electron chi connectivity index (χ0n) is 15.5. The Bertz CT molecular complexity index is 475. The molecule has 0 aliphatic carbocycles. The minimum absolute atomic E-state index is 0.0911. The van der Waals surface area contributed by atoms with Crippen LogP contribution in [0.3, 0.4) is 0 Å². The van der Waals surface area contributed by atoms with E-state index in [1.165, 1.54) is 31.7 Å². The SMILES string of the molecule is CC.CC.O=[N+]([O-])c1ccc(N2CCC3(CCOCC3)CC2)cn1. The molecule has 0 amide bonds. The summed E-state index contributed by atoms with van der Waals surface area (Å²) < 4.78 is 5.46. The van der Waals surface area contributed by atoms with Crippen LogP contribution in [-0.2, 0) is 4.74 Å². The summed E-state index contributed by atoms with van der Waals surface area (Å²) in [6.45, 7) is 11.8. The number of nitro groups is 1. The van der Waals surface area contributed by atoms with Gasteiger partial charge in [0.1, 0.15) is 0 Å². The van der Waals surface area contributed by atoms with Crippen molar-refractivity contribution < 1.29 is 9.66 Å². The average Bonchev–Trinajstić information content (AvgIpc) is 2.66. The van der Waals surface area contributed by atoms with Crippen molar-refractivity contribution in [3.05, 3.63) is 28.4 Å². The van der Waals surface area contributed by atoms with Gasteiger partial charge in [-0.3, -0.25) is 0 Å². The van der Waals surface area contributed by atoms with Gasteiger partial charge >= 0.3 is 5.82 Å². The van der Waals surface area contributed by atoms with Gasteiger partial charge in [-0.15, -0.1) is 0 Å². The topological polar surface area (TPSA) is 68.5 Å². The van der Waals surface area contributed by atoms with Crippen LogP contribution in [-0.4, -0.2) is 36.2 Å². The van der Waals surface area contributed by atoms with Crippen molar-refractivity contribution in [3.8, 4) is 0 Å². The molecule has 2 aliphatic heterocycles. The number of anilines is 1. The van der Waals surface area contributed by atoms with Gasteiger partial charge in [-0.25, -0.2) is 0 Å². The Hall–Kier alpha value is -1.69. The van der Waals surface area contributed by atoms with Crippen molar-refractivity contribution in [2.45, 2.75) is 53.4 Å². The van der Waals surface area contributed by atoms with E-state index in [0.717, 1.165) is 32.0 Å². The van der Waals surface area contributed by atoms with Crippen LogP contribution in [0.4, 0.5) is 11.5 Å². The minimum Gasteiger partial charge on any atom is -0.381 e. The van der Waals surface area contributed by atoms with Crippen LogP contribution in [0.15, 0.2) is 18.3 Å². The fraction of sp³-hybridized carbons (Fsp3) is 0.722. The van der Waals surface area contributed by atoms with Crippen LogP contribution in [0.25, 0.3) is 0 Å². The third-order valence-electron chi connectivity index (χ3n) is 4.66. The molecule has 0 bridgehead atoms. The molecule has 3 heterocycles. The number of hydrogen-bond donors (Lipinski definition) is 0. The second kappa shape index (κ2) is 10.2. The van der Waals surface area contributed by atoms with Gasteiger partial charge in [-0.1, -0.05) is 27.7 Å².